The van der Waals surface area contributed by atoms with Gasteiger partial charge in [0, 0.05) is 18.7 Å². The summed E-state index contributed by atoms with van der Waals surface area (Å²) in [7, 11) is -3.47. The third-order valence-electron chi connectivity index (χ3n) is 2.82. The van der Waals surface area contributed by atoms with Crippen molar-refractivity contribution in [2.24, 2.45) is 0 Å². The van der Waals surface area contributed by atoms with E-state index in [1.807, 2.05) is 6.92 Å². The summed E-state index contributed by atoms with van der Waals surface area (Å²) in [6, 6.07) is 5.92. The average molecular weight is 326 g/mol. The van der Waals surface area contributed by atoms with Crippen LogP contribution in [-0.2, 0) is 14.8 Å². The van der Waals surface area contributed by atoms with Crippen molar-refractivity contribution in [3.8, 4) is 0 Å². The Bertz CT molecular complexity index is 609. The van der Waals surface area contributed by atoms with E-state index in [0.29, 0.717) is 12.1 Å². The van der Waals surface area contributed by atoms with Gasteiger partial charge in [-0.2, -0.15) is 0 Å². The van der Waals surface area contributed by atoms with Crippen LogP contribution in [0.15, 0.2) is 35.2 Å². The molecule has 1 atom stereocenters. The van der Waals surface area contributed by atoms with Crippen LogP contribution in [0.2, 0.25) is 0 Å². The van der Waals surface area contributed by atoms with Crippen LogP contribution in [0, 0.1) is 0 Å². The minimum absolute atomic E-state index is 0.128. The maximum absolute atomic E-state index is 11.9. The molecule has 1 amide bonds. The summed E-state index contributed by atoms with van der Waals surface area (Å²) < 4.78 is 26.3. The Balaban J connectivity index is 2.71. The van der Waals surface area contributed by atoms with E-state index in [0.717, 1.165) is 6.42 Å². The molecule has 1 rings (SSSR count). The fourth-order valence-corrected chi connectivity index (χ4v) is 2.72. The van der Waals surface area contributed by atoms with Crippen molar-refractivity contribution in [3.63, 3.8) is 0 Å². The highest BCUT2D eigenvalue weighted by Crippen LogP contribution is 2.11. The van der Waals surface area contributed by atoms with E-state index in [2.05, 4.69) is 10.0 Å². The number of sulfonamides is 1. The molecule has 0 heterocycles. The quantitative estimate of drug-likeness (QED) is 0.618. The number of hydrogen-bond acceptors (Lipinski definition) is 4. The lowest BCUT2D eigenvalue weighted by Crippen LogP contribution is -2.33. The highest BCUT2D eigenvalue weighted by molar-refractivity contribution is 7.89. The molecule has 1 aromatic carbocycles. The molecule has 0 saturated heterocycles. The number of rotatable bonds is 8. The Morgan fingerprint density at radius 1 is 1.32 bits per heavy atom. The van der Waals surface area contributed by atoms with Crippen molar-refractivity contribution < 1.29 is 18.3 Å². The molecule has 7 heteroatoms. The first-order valence-electron chi connectivity index (χ1n) is 7.08. The van der Waals surface area contributed by atoms with E-state index >= 15 is 0 Å². The van der Waals surface area contributed by atoms with Crippen molar-refractivity contribution in [2.75, 3.05) is 13.2 Å². The molecule has 0 saturated carbocycles. The SMILES string of the molecule is CCCNS(=O)(=O)c1ccc(/C=C/C(=O)NC(C)CO)cc1. The summed E-state index contributed by atoms with van der Waals surface area (Å²) in [5.41, 5.74) is 0.709. The van der Waals surface area contributed by atoms with Crippen molar-refractivity contribution in [2.45, 2.75) is 31.2 Å². The third kappa shape index (κ3) is 5.97. The number of amides is 1. The zero-order valence-electron chi connectivity index (χ0n) is 12.7. The Hall–Kier alpha value is -1.70. The van der Waals surface area contributed by atoms with Gasteiger partial charge in [0.1, 0.15) is 0 Å². The highest BCUT2D eigenvalue weighted by Gasteiger charge is 2.12. The van der Waals surface area contributed by atoms with Crippen LogP contribution in [0.4, 0.5) is 0 Å². The Morgan fingerprint density at radius 3 is 2.50 bits per heavy atom. The van der Waals surface area contributed by atoms with Crippen LogP contribution >= 0.6 is 0 Å². The molecule has 0 radical (unpaired) electrons. The molecule has 1 unspecified atom stereocenters. The predicted octanol–water partition coefficient (Wildman–Crippen LogP) is 0.885. The van der Waals surface area contributed by atoms with Crippen molar-refractivity contribution >= 4 is 22.0 Å². The van der Waals surface area contributed by atoms with Crippen LogP contribution in [0.1, 0.15) is 25.8 Å². The standard InChI is InChI=1S/C15H22N2O4S/c1-3-10-16-22(20,21)14-7-4-13(5-8-14)6-9-15(19)17-12(2)11-18/h4-9,12,16,18H,3,10-11H2,1-2H3,(H,17,19)/b9-6+. The molecule has 0 spiro atoms. The first kappa shape index (κ1) is 18.3. The molecule has 0 aromatic heterocycles. The van der Waals surface area contributed by atoms with Crippen molar-refractivity contribution in [3.05, 3.63) is 35.9 Å². The minimum Gasteiger partial charge on any atom is -0.394 e. The Labute approximate surface area is 131 Å². The van der Waals surface area contributed by atoms with E-state index in [1.54, 1.807) is 25.1 Å². The van der Waals surface area contributed by atoms with Gasteiger partial charge < -0.3 is 10.4 Å². The number of hydrogen-bond donors (Lipinski definition) is 3. The van der Waals surface area contributed by atoms with Gasteiger partial charge in [0.05, 0.1) is 11.5 Å². The second-order valence-corrected chi connectivity index (χ2v) is 6.66. The maximum Gasteiger partial charge on any atom is 0.244 e. The van der Waals surface area contributed by atoms with Crippen LogP contribution in [-0.4, -0.2) is 38.6 Å². The lowest BCUT2D eigenvalue weighted by atomic mass is 10.2. The molecule has 0 fully saturated rings. The second kappa shape index (κ2) is 8.67. The molecule has 0 bridgehead atoms. The molecule has 0 aliphatic rings. The van der Waals surface area contributed by atoms with Gasteiger partial charge in [0.15, 0.2) is 0 Å². The summed E-state index contributed by atoms with van der Waals surface area (Å²) in [5.74, 6) is -0.317. The highest BCUT2D eigenvalue weighted by atomic mass is 32.2. The van der Waals surface area contributed by atoms with Crippen molar-refractivity contribution in [1.82, 2.24) is 10.0 Å². The number of nitrogens with one attached hydrogen (secondary N) is 2. The normalized spacial score (nSPS) is 13.2. The fraction of sp³-hybridized carbons (Fsp3) is 0.400. The number of aliphatic hydroxyl groups is 1. The number of benzene rings is 1. The van der Waals surface area contributed by atoms with E-state index in [4.69, 9.17) is 5.11 Å². The van der Waals surface area contributed by atoms with Gasteiger partial charge in [0.25, 0.3) is 0 Å². The summed E-state index contributed by atoms with van der Waals surface area (Å²) in [4.78, 5) is 11.7. The molecule has 22 heavy (non-hydrogen) atoms. The summed E-state index contributed by atoms with van der Waals surface area (Å²) >= 11 is 0. The van der Waals surface area contributed by atoms with E-state index in [1.165, 1.54) is 18.2 Å². The molecule has 0 aliphatic heterocycles. The summed E-state index contributed by atoms with van der Waals surface area (Å²) in [5, 5.41) is 11.4. The first-order chi connectivity index (χ1) is 10.4. The van der Waals surface area contributed by atoms with Gasteiger partial charge in [-0.3, -0.25) is 4.79 Å². The van der Waals surface area contributed by atoms with Gasteiger partial charge in [-0.05, 0) is 37.1 Å². The molecular weight excluding hydrogens is 304 g/mol. The molecular formula is C15H22N2O4S. The predicted molar refractivity (Wildman–Crippen MR) is 85.6 cm³/mol. The number of carbonyl (C=O) groups excluding carboxylic acids is 1. The second-order valence-electron chi connectivity index (χ2n) is 4.89. The molecule has 122 valence electrons. The first-order valence-corrected chi connectivity index (χ1v) is 8.56. The summed E-state index contributed by atoms with van der Waals surface area (Å²) in [6.07, 6.45) is 3.64. The zero-order chi connectivity index (χ0) is 16.6. The van der Waals surface area contributed by atoms with Crippen molar-refractivity contribution in [1.29, 1.82) is 0 Å². The van der Waals surface area contributed by atoms with Gasteiger partial charge >= 0.3 is 0 Å². The van der Waals surface area contributed by atoms with Crippen LogP contribution in [0.25, 0.3) is 6.08 Å². The monoisotopic (exact) mass is 326 g/mol. The van der Waals surface area contributed by atoms with E-state index in [-0.39, 0.29) is 23.5 Å². The van der Waals surface area contributed by atoms with Crippen LogP contribution in [0.3, 0.4) is 0 Å². The minimum atomic E-state index is -3.47. The molecule has 0 aliphatic carbocycles. The lowest BCUT2D eigenvalue weighted by molar-refractivity contribution is -0.117. The fourth-order valence-electron chi connectivity index (χ4n) is 1.59. The van der Waals surface area contributed by atoms with E-state index < -0.39 is 10.0 Å². The molecule has 6 nitrogen and oxygen atoms in total. The molecule has 1 aromatic rings. The van der Waals surface area contributed by atoms with E-state index in [9.17, 15) is 13.2 Å². The van der Waals surface area contributed by atoms with Gasteiger partial charge in [-0.1, -0.05) is 19.1 Å². The van der Waals surface area contributed by atoms with Crippen LogP contribution in [0.5, 0.6) is 0 Å². The topological polar surface area (TPSA) is 95.5 Å². The number of carbonyl (C=O) groups is 1. The lowest BCUT2D eigenvalue weighted by Gasteiger charge is -2.08. The van der Waals surface area contributed by atoms with Gasteiger partial charge in [-0.25, -0.2) is 13.1 Å². The average Bonchev–Trinajstić information content (AvgIpc) is 2.51. The Kier molecular flexibility index (Phi) is 7.23. The summed E-state index contributed by atoms with van der Waals surface area (Å²) in [6.45, 7) is 3.85. The number of aliphatic hydroxyl groups excluding tert-OH is 1. The van der Waals surface area contributed by atoms with Crippen LogP contribution < -0.4 is 10.0 Å². The Morgan fingerprint density at radius 2 is 1.95 bits per heavy atom. The van der Waals surface area contributed by atoms with Gasteiger partial charge in [0.2, 0.25) is 15.9 Å². The van der Waals surface area contributed by atoms with Gasteiger partial charge in [-0.15, -0.1) is 0 Å². The third-order valence-corrected chi connectivity index (χ3v) is 4.30. The zero-order valence-corrected chi connectivity index (χ0v) is 13.6. The molecule has 3 N–H and O–H groups in total. The smallest absolute Gasteiger partial charge is 0.244 e. The largest absolute Gasteiger partial charge is 0.394 e. The maximum atomic E-state index is 11.9.